The Labute approximate surface area is 161 Å². The molecule has 1 aromatic carbocycles. The van der Waals surface area contributed by atoms with Crippen molar-refractivity contribution in [2.75, 3.05) is 14.2 Å². The lowest BCUT2D eigenvalue weighted by molar-refractivity contribution is -0.132. The lowest BCUT2D eigenvalue weighted by Crippen LogP contribution is -2.44. The molecule has 4 atom stereocenters. The lowest BCUT2D eigenvalue weighted by Gasteiger charge is -2.33. The van der Waals surface area contributed by atoms with Crippen molar-refractivity contribution < 1.29 is 9.53 Å². The summed E-state index contributed by atoms with van der Waals surface area (Å²) < 4.78 is 5.72. The molecular weight excluding hydrogens is 340 g/mol. The second-order valence-corrected chi connectivity index (χ2v) is 8.14. The van der Waals surface area contributed by atoms with Crippen LogP contribution in [-0.4, -0.2) is 37.0 Å². The molecule has 0 bridgehead atoms. The zero-order chi connectivity index (χ0) is 19.9. The molecule has 0 radical (unpaired) electrons. The number of amides is 1. The summed E-state index contributed by atoms with van der Waals surface area (Å²) >= 11 is 0. The van der Waals surface area contributed by atoms with Gasteiger partial charge in [0, 0.05) is 20.1 Å². The maximum Gasteiger partial charge on any atom is 0.261 e. The normalized spacial score (nSPS) is 26.3. The number of rotatable bonds is 5. The van der Waals surface area contributed by atoms with E-state index in [1.165, 1.54) is 4.90 Å². The van der Waals surface area contributed by atoms with E-state index in [1.807, 2.05) is 12.1 Å². The average Bonchev–Trinajstić information content (AvgIpc) is 3.05. The van der Waals surface area contributed by atoms with Crippen LogP contribution in [0.25, 0.3) is 0 Å². The Balaban J connectivity index is 2.05. The molecule has 2 N–H and O–H groups in total. The Bertz CT molecular complexity index is 826. The van der Waals surface area contributed by atoms with E-state index in [-0.39, 0.29) is 29.8 Å². The summed E-state index contributed by atoms with van der Waals surface area (Å²) in [6.07, 6.45) is 1.65. The number of benzene rings is 1. The third-order valence-corrected chi connectivity index (χ3v) is 6.12. The van der Waals surface area contributed by atoms with Crippen LogP contribution in [0.3, 0.4) is 0 Å². The molecular formula is C21H28N4O2. The predicted octanol–water partition coefficient (Wildman–Crippen LogP) is 2.41. The van der Waals surface area contributed by atoms with E-state index in [0.717, 1.165) is 24.0 Å². The number of carbonyl (C=O) groups excluding carboxylic acids is 1. The second kappa shape index (κ2) is 6.97. The largest absolute Gasteiger partial charge is 0.381 e. The highest BCUT2D eigenvalue weighted by atomic mass is 16.5. The average molecular weight is 368 g/mol. The van der Waals surface area contributed by atoms with Gasteiger partial charge < -0.3 is 10.5 Å². The van der Waals surface area contributed by atoms with Crippen LogP contribution in [0.1, 0.15) is 43.9 Å². The highest BCUT2D eigenvalue weighted by Gasteiger charge is 2.57. The summed E-state index contributed by atoms with van der Waals surface area (Å²) in [6.45, 7) is 6.46. The number of nitriles is 1. The molecule has 3 rings (SSSR count). The van der Waals surface area contributed by atoms with Crippen LogP contribution >= 0.6 is 0 Å². The van der Waals surface area contributed by atoms with Crippen LogP contribution in [0.5, 0.6) is 0 Å². The summed E-state index contributed by atoms with van der Waals surface area (Å²) in [4.78, 5) is 19.4. The number of guanidine groups is 1. The zero-order valence-corrected chi connectivity index (χ0v) is 16.7. The van der Waals surface area contributed by atoms with Crippen molar-refractivity contribution in [3.05, 3.63) is 34.9 Å². The van der Waals surface area contributed by atoms with Gasteiger partial charge in [-0.05, 0) is 47.9 Å². The fourth-order valence-electron chi connectivity index (χ4n) is 4.91. The fourth-order valence-corrected chi connectivity index (χ4v) is 4.91. The van der Waals surface area contributed by atoms with E-state index < -0.39 is 5.54 Å². The summed E-state index contributed by atoms with van der Waals surface area (Å²) in [5.41, 5.74) is 7.46. The van der Waals surface area contributed by atoms with E-state index in [4.69, 9.17) is 10.5 Å². The molecule has 1 aromatic rings. The number of likely N-dealkylation sites (N-methyl/N-ethyl adjacent to an activating group) is 1. The Hall–Kier alpha value is -2.39. The second-order valence-electron chi connectivity index (χ2n) is 8.14. The highest BCUT2D eigenvalue weighted by molar-refractivity contribution is 6.07. The lowest BCUT2D eigenvalue weighted by atomic mass is 9.76. The first kappa shape index (κ1) is 19.4. The number of methoxy groups -OCH3 is 1. The van der Waals surface area contributed by atoms with Gasteiger partial charge in [-0.2, -0.15) is 5.26 Å². The monoisotopic (exact) mass is 368 g/mol. The van der Waals surface area contributed by atoms with Gasteiger partial charge in [0.05, 0.1) is 17.7 Å². The molecule has 0 fully saturated rings. The van der Waals surface area contributed by atoms with Crippen LogP contribution in [0.4, 0.5) is 0 Å². The minimum absolute atomic E-state index is 0.0103. The van der Waals surface area contributed by atoms with Crippen LogP contribution in [0.15, 0.2) is 23.2 Å². The number of carbonyl (C=O) groups is 1. The van der Waals surface area contributed by atoms with Crippen LogP contribution in [0.2, 0.25) is 0 Å². The van der Waals surface area contributed by atoms with Gasteiger partial charge in [0.25, 0.3) is 5.91 Å². The molecule has 1 spiro atoms. The number of fused-ring (bicyclic) bond motifs is 2. The van der Waals surface area contributed by atoms with Gasteiger partial charge in [0.1, 0.15) is 0 Å². The van der Waals surface area contributed by atoms with Crippen molar-refractivity contribution in [1.82, 2.24) is 4.90 Å². The first-order chi connectivity index (χ1) is 12.8. The Morgan fingerprint density at radius 3 is 2.67 bits per heavy atom. The molecule has 1 heterocycles. The minimum Gasteiger partial charge on any atom is -0.381 e. The molecule has 0 unspecified atom stereocenters. The Morgan fingerprint density at radius 2 is 2.15 bits per heavy atom. The minimum atomic E-state index is -1.02. The summed E-state index contributed by atoms with van der Waals surface area (Å²) in [5, 5.41) is 9.32. The third-order valence-electron chi connectivity index (χ3n) is 6.12. The zero-order valence-electron chi connectivity index (χ0n) is 16.7. The molecule has 1 amide bonds. The third kappa shape index (κ3) is 2.90. The Kier molecular flexibility index (Phi) is 5.00. The van der Waals surface area contributed by atoms with Gasteiger partial charge in [-0.25, -0.2) is 4.99 Å². The number of nitrogens with zero attached hydrogens (tertiary/aromatic N) is 3. The molecule has 144 valence electrons. The SMILES string of the molecule is CO[C@@H](C(C)C)[C@@H](C)C[C@H]1Cc2ccc(C#N)cc2[C@]12N=C(N)N(C)C2=O. The Morgan fingerprint density at radius 1 is 1.44 bits per heavy atom. The molecule has 6 nitrogen and oxygen atoms in total. The number of nitrogens with two attached hydrogens (primary N) is 1. The summed E-state index contributed by atoms with van der Waals surface area (Å²) in [7, 11) is 3.40. The molecule has 1 aliphatic carbocycles. The molecule has 27 heavy (non-hydrogen) atoms. The molecule has 1 aliphatic heterocycles. The quantitative estimate of drug-likeness (QED) is 0.864. The molecule has 2 aliphatic rings. The van der Waals surface area contributed by atoms with Crippen molar-refractivity contribution in [2.24, 2.45) is 28.5 Å². The molecule has 0 aromatic heterocycles. The first-order valence-corrected chi connectivity index (χ1v) is 9.46. The number of aliphatic imine (C=N–C) groups is 1. The topological polar surface area (TPSA) is 91.7 Å². The number of hydrogen-bond acceptors (Lipinski definition) is 5. The smallest absolute Gasteiger partial charge is 0.261 e. The summed E-state index contributed by atoms with van der Waals surface area (Å²) in [5.74, 6) is 0.760. The van der Waals surface area contributed by atoms with E-state index in [0.29, 0.717) is 11.5 Å². The van der Waals surface area contributed by atoms with Crippen LogP contribution in [0, 0.1) is 29.1 Å². The maximum absolute atomic E-state index is 13.3. The van der Waals surface area contributed by atoms with Crippen LogP contribution in [-0.2, 0) is 21.5 Å². The van der Waals surface area contributed by atoms with Gasteiger partial charge in [0.2, 0.25) is 0 Å². The van der Waals surface area contributed by atoms with Crippen molar-refractivity contribution in [2.45, 2.75) is 45.3 Å². The predicted molar refractivity (Wildman–Crippen MR) is 104 cm³/mol. The van der Waals surface area contributed by atoms with Gasteiger partial charge >= 0.3 is 0 Å². The first-order valence-electron chi connectivity index (χ1n) is 9.46. The number of ether oxygens (including phenoxy) is 1. The fraction of sp³-hybridized carbons (Fsp3) is 0.571. The van der Waals surface area contributed by atoms with Crippen LogP contribution < -0.4 is 5.73 Å². The maximum atomic E-state index is 13.3. The van der Waals surface area contributed by atoms with Crippen molar-refractivity contribution in [3.63, 3.8) is 0 Å². The molecule has 0 saturated heterocycles. The molecule has 6 heteroatoms. The molecule has 0 saturated carbocycles. The van der Waals surface area contributed by atoms with E-state index in [1.54, 1.807) is 20.2 Å². The van der Waals surface area contributed by atoms with Gasteiger partial charge in [0.15, 0.2) is 11.5 Å². The number of hydrogen-bond donors (Lipinski definition) is 1. The van der Waals surface area contributed by atoms with Gasteiger partial charge in [-0.3, -0.25) is 9.69 Å². The van der Waals surface area contributed by atoms with Crippen molar-refractivity contribution in [3.8, 4) is 6.07 Å². The van der Waals surface area contributed by atoms with Gasteiger partial charge in [-0.15, -0.1) is 0 Å². The van der Waals surface area contributed by atoms with E-state index in [9.17, 15) is 10.1 Å². The summed E-state index contributed by atoms with van der Waals surface area (Å²) in [6, 6.07) is 7.74. The van der Waals surface area contributed by atoms with E-state index >= 15 is 0 Å². The highest BCUT2D eigenvalue weighted by Crippen LogP contribution is 2.51. The van der Waals surface area contributed by atoms with E-state index in [2.05, 4.69) is 31.8 Å². The van der Waals surface area contributed by atoms with Crippen molar-refractivity contribution >= 4 is 11.9 Å². The standard InChI is InChI=1S/C21H28N4O2/c1-12(2)18(27-5)13(3)8-16-10-15-7-6-14(11-22)9-17(15)21(16)19(26)25(4)20(23)24-21/h6-7,9,12-13,16,18H,8,10H2,1-5H3,(H2,23,24)/t13-,16-,18-,21+/m0/s1. The van der Waals surface area contributed by atoms with Crippen molar-refractivity contribution in [1.29, 1.82) is 5.26 Å². The van der Waals surface area contributed by atoms with Gasteiger partial charge in [-0.1, -0.05) is 26.8 Å².